The second-order valence-electron chi connectivity index (χ2n) is 6.46. The number of carbonyl (C=O) groups is 1. The van der Waals surface area contributed by atoms with Gasteiger partial charge in [0.1, 0.15) is 0 Å². The zero-order chi connectivity index (χ0) is 16.1. The third-order valence-corrected chi connectivity index (χ3v) is 5.14. The number of amides is 1. The molecule has 4 nitrogen and oxygen atoms in total. The molecule has 2 saturated heterocycles. The molecule has 2 aliphatic heterocycles. The van der Waals surface area contributed by atoms with E-state index in [9.17, 15) is 4.79 Å². The Morgan fingerprint density at radius 3 is 2.88 bits per heavy atom. The summed E-state index contributed by atoms with van der Waals surface area (Å²) in [5.41, 5.74) is 1.11. The van der Waals surface area contributed by atoms with Crippen LogP contribution < -0.4 is 5.32 Å². The number of ether oxygens (including phenoxy) is 1. The predicted octanol–water partition coefficient (Wildman–Crippen LogP) is 3.44. The molecule has 2 aliphatic rings. The van der Waals surface area contributed by atoms with E-state index < -0.39 is 0 Å². The van der Waals surface area contributed by atoms with Crippen LogP contribution in [0.2, 0.25) is 5.02 Å². The fourth-order valence-electron chi connectivity index (χ4n) is 3.52. The predicted molar refractivity (Wildman–Crippen MR) is 98.8 cm³/mol. The molecule has 3 rings (SSSR count). The highest BCUT2D eigenvalue weighted by atomic mass is 35.5. The molecule has 24 heavy (non-hydrogen) atoms. The number of piperazine rings is 1. The number of hydrogen-bond donors (Lipinski definition) is 1. The fourth-order valence-corrected chi connectivity index (χ4v) is 3.72. The molecule has 2 fully saturated rings. The average molecular weight is 373 g/mol. The van der Waals surface area contributed by atoms with Gasteiger partial charge in [-0.2, -0.15) is 0 Å². The third kappa shape index (κ3) is 5.09. The Balaban J connectivity index is 0.00000208. The molecule has 0 aromatic heterocycles. The van der Waals surface area contributed by atoms with Gasteiger partial charge in [-0.25, -0.2) is 0 Å². The molecule has 1 aromatic carbocycles. The van der Waals surface area contributed by atoms with Crippen LogP contribution in [0.1, 0.15) is 37.3 Å². The van der Waals surface area contributed by atoms with Crippen molar-refractivity contribution in [2.24, 2.45) is 5.92 Å². The van der Waals surface area contributed by atoms with E-state index in [0.717, 1.165) is 62.7 Å². The molecule has 1 aromatic rings. The van der Waals surface area contributed by atoms with Crippen LogP contribution in [0, 0.1) is 5.92 Å². The summed E-state index contributed by atoms with van der Waals surface area (Å²) in [6.07, 6.45) is 3.80. The number of carbonyl (C=O) groups excluding carboxylic acids is 1. The van der Waals surface area contributed by atoms with Crippen molar-refractivity contribution in [3.63, 3.8) is 0 Å². The van der Waals surface area contributed by atoms with Gasteiger partial charge in [-0.15, -0.1) is 12.4 Å². The summed E-state index contributed by atoms with van der Waals surface area (Å²) in [7, 11) is 0. The number of benzene rings is 1. The van der Waals surface area contributed by atoms with Gasteiger partial charge in [0.25, 0.3) is 0 Å². The van der Waals surface area contributed by atoms with Crippen molar-refractivity contribution in [1.82, 2.24) is 10.2 Å². The Labute approximate surface area is 155 Å². The normalized spacial score (nSPS) is 22.0. The van der Waals surface area contributed by atoms with Crippen LogP contribution in [0.15, 0.2) is 24.3 Å². The van der Waals surface area contributed by atoms with E-state index in [-0.39, 0.29) is 24.4 Å². The first kappa shape index (κ1) is 19.5. The standard InChI is InChI=1S/C18H25ClN2O2.ClH/c19-16-3-1-2-15(12-16)17-13-20-8-9-21(17)18(22)5-4-14-6-10-23-11-7-14;/h1-3,12,14,17,20H,4-11,13H2;1H. The number of halogens is 2. The average Bonchev–Trinajstić information content (AvgIpc) is 2.60. The summed E-state index contributed by atoms with van der Waals surface area (Å²) >= 11 is 6.12. The quantitative estimate of drug-likeness (QED) is 0.879. The molecule has 0 spiro atoms. The molecule has 1 unspecified atom stereocenters. The van der Waals surface area contributed by atoms with Gasteiger partial charge >= 0.3 is 0 Å². The second kappa shape index (κ2) is 9.62. The summed E-state index contributed by atoms with van der Waals surface area (Å²) < 4.78 is 5.39. The summed E-state index contributed by atoms with van der Waals surface area (Å²) in [4.78, 5) is 14.8. The lowest BCUT2D eigenvalue weighted by molar-refractivity contribution is -0.135. The minimum absolute atomic E-state index is 0. The Hall–Kier alpha value is -0.810. The summed E-state index contributed by atoms with van der Waals surface area (Å²) in [6, 6.07) is 7.94. The number of rotatable bonds is 4. The highest BCUT2D eigenvalue weighted by molar-refractivity contribution is 6.30. The maximum absolute atomic E-state index is 12.7. The molecule has 1 N–H and O–H groups in total. The Kier molecular flexibility index (Phi) is 7.82. The van der Waals surface area contributed by atoms with Crippen LogP contribution in [0.4, 0.5) is 0 Å². The minimum Gasteiger partial charge on any atom is -0.381 e. The zero-order valence-electron chi connectivity index (χ0n) is 13.9. The largest absolute Gasteiger partial charge is 0.381 e. The molecule has 1 amide bonds. The Morgan fingerprint density at radius 2 is 2.12 bits per heavy atom. The van der Waals surface area contributed by atoms with Crippen LogP contribution in [0.5, 0.6) is 0 Å². The van der Waals surface area contributed by atoms with Crippen molar-refractivity contribution >= 4 is 29.9 Å². The van der Waals surface area contributed by atoms with Crippen molar-refractivity contribution in [2.75, 3.05) is 32.8 Å². The van der Waals surface area contributed by atoms with Crippen LogP contribution in [-0.2, 0) is 9.53 Å². The Morgan fingerprint density at radius 1 is 1.33 bits per heavy atom. The van der Waals surface area contributed by atoms with Crippen molar-refractivity contribution in [3.05, 3.63) is 34.9 Å². The van der Waals surface area contributed by atoms with Crippen molar-refractivity contribution in [3.8, 4) is 0 Å². The van der Waals surface area contributed by atoms with E-state index in [0.29, 0.717) is 12.3 Å². The molecule has 0 bridgehead atoms. The van der Waals surface area contributed by atoms with Crippen molar-refractivity contribution in [1.29, 1.82) is 0 Å². The Bertz CT molecular complexity index is 536. The summed E-state index contributed by atoms with van der Waals surface area (Å²) in [6.45, 7) is 4.11. The van der Waals surface area contributed by atoms with Gasteiger partial charge < -0.3 is 15.0 Å². The molecular formula is C18H26Cl2N2O2. The molecule has 1 atom stereocenters. The van der Waals surface area contributed by atoms with Crippen molar-refractivity contribution in [2.45, 2.75) is 31.7 Å². The zero-order valence-corrected chi connectivity index (χ0v) is 15.5. The van der Waals surface area contributed by atoms with Crippen LogP contribution in [-0.4, -0.2) is 43.7 Å². The van der Waals surface area contributed by atoms with E-state index in [2.05, 4.69) is 11.4 Å². The maximum atomic E-state index is 12.7. The van der Waals surface area contributed by atoms with Gasteiger partial charge in [0, 0.05) is 44.3 Å². The molecular weight excluding hydrogens is 347 g/mol. The summed E-state index contributed by atoms with van der Waals surface area (Å²) in [5, 5.41) is 4.11. The monoisotopic (exact) mass is 372 g/mol. The number of nitrogens with one attached hydrogen (secondary N) is 1. The van der Waals surface area contributed by atoms with Gasteiger partial charge in [0.2, 0.25) is 5.91 Å². The topological polar surface area (TPSA) is 41.6 Å². The summed E-state index contributed by atoms with van der Waals surface area (Å²) in [5.74, 6) is 0.906. The van der Waals surface area contributed by atoms with Crippen molar-refractivity contribution < 1.29 is 9.53 Å². The van der Waals surface area contributed by atoms with Gasteiger partial charge in [0.05, 0.1) is 6.04 Å². The lowest BCUT2D eigenvalue weighted by Gasteiger charge is -2.37. The SMILES string of the molecule is Cl.O=C(CCC1CCOCC1)N1CCNCC1c1cccc(Cl)c1. The van der Waals surface area contributed by atoms with E-state index >= 15 is 0 Å². The molecule has 134 valence electrons. The molecule has 2 heterocycles. The van der Waals surface area contributed by atoms with Crippen LogP contribution in [0.25, 0.3) is 0 Å². The van der Waals surface area contributed by atoms with Gasteiger partial charge in [-0.1, -0.05) is 23.7 Å². The van der Waals surface area contributed by atoms with E-state index in [1.807, 2.05) is 23.1 Å². The van der Waals surface area contributed by atoms with Gasteiger partial charge in [0.15, 0.2) is 0 Å². The molecule has 0 radical (unpaired) electrons. The first-order valence-corrected chi connectivity index (χ1v) is 8.95. The second-order valence-corrected chi connectivity index (χ2v) is 6.89. The lowest BCUT2D eigenvalue weighted by atomic mass is 9.94. The first-order valence-electron chi connectivity index (χ1n) is 8.57. The first-order chi connectivity index (χ1) is 11.2. The highest BCUT2D eigenvalue weighted by Crippen LogP contribution is 2.27. The van der Waals surface area contributed by atoms with Gasteiger partial charge in [-0.3, -0.25) is 4.79 Å². The number of hydrogen-bond acceptors (Lipinski definition) is 3. The molecule has 6 heteroatoms. The van der Waals surface area contributed by atoms with E-state index in [1.54, 1.807) is 0 Å². The van der Waals surface area contributed by atoms with E-state index in [4.69, 9.17) is 16.3 Å². The fraction of sp³-hybridized carbons (Fsp3) is 0.611. The van der Waals surface area contributed by atoms with Crippen LogP contribution >= 0.6 is 24.0 Å². The third-order valence-electron chi connectivity index (χ3n) is 4.90. The molecule has 0 saturated carbocycles. The smallest absolute Gasteiger partial charge is 0.223 e. The van der Waals surface area contributed by atoms with E-state index in [1.165, 1.54) is 0 Å². The maximum Gasteiger partial charge on any atom is 0.223 e. The highest BCUT2D eigenvalue weighted by Gasteiger charge is 2.28. The number of nitrogens with zero attached hydrogens (tertiary/aromatic N) is 1. The minimum atomic E-state index is 0. The lowest BCUT2D eigenvalue weighted by Crippen LogP contribution is -2.48. The van der Waals surface area contributed by atoms with Gasteiger partial charge in [-0.05, 0) is 42.9 Å². The van der Waals surface area contributed by atoms with Crippen LogP contribution in [0.3, 0.4) is 0 Å². The molecule has 0 aliphatic carbocycles.